The Kier molecular flexibility index (Phi) is 4.78. The van der Waals surface area contributed by atoms with Crippen molar-refractivity contribution in [3.05, 3.63) is 64.7 Å². The number of methoxy groups -OCH3 is 1. The van der Waals surface area contributed by atoms with Crippen molar-refractivity contribution < 1.29 is 24.5 Å². The smallest absolute Gasteiger partial charge is 0.335 e. The van der Waals surface area contributed by atoms with Gasteiger partial charge in [-0.05, 0) is 48.2 Å². The SMILES string of the molecule is COc1ccccc1CCc1cc(C(=O)O)ccc1C(=O)O. The molecule has 2 aromatic rings. The van der Waals surface area contributed by atoms with Crippen LogP contribution >= 0.6 is 0 Å². The molecule has 0 spiro atoms. The van der Waals surface area contributed by atoms with Crippen LogP contribution in [0.15, 0.2) is 42.5 Å². The van der Waals surface area contributed by atoms with Crippen LogP contribution in [0.4, 0.5) is 0 Å². The van der Waals surface area contributed by atoms with Gasteiger partial charge in [0.05, 0.1) is 18.2 Å². The number of ether oxygens (including phenoxy) is 1. The molecule has 0 fully saturated rings. The molecule has 0 bridgehead atoms. The summed E-state index contributed by atoms with van der Waals surface area (Å²) in [5.74, 6) is -1.41. The fraction of sp³-hybridized carbons (Fsp3) is 0.176. The molecule has 114 valence electrons. The van der Waals surface area contributed by atoms with Crippen molar-refractivity contribution in [3.63, 3.8) is 0 Å². The molecule has 0 unspecified atom stereocenters. The first-order valence-corrected chi connectivity index (χ1v) is 6.74. The lowest BCUT2D eigenvalue weighted by molar-refractivity contribution is 0.0680. The van der Waals surface area contributed by atoms with E-state index in [1.165, 1.54) is 18.2 Å². The molecule has 0 aliphatic carbocycles. The van der Waals surface area contributed by atoms with Gasteiger partial charge in [-0.3, -0.25) is 0 Å². The van der Waals surface area contributed by atoms with Crippen LogP contribution in [0.5, 0.6) is 5.75 Å². The molecule has 2 aromatic carbocycles. The van der Waals surface area contributed by atoms with E-state index in [9.17, 15) is 14.7 Å². The van der Waals surface area contributed by atoms with Crippen molar-refractivity contribution >= 4 is 11.9 Å². The topological polar surface area (TPSA) is 83.8 Å². The summed E-state index contributed by atoms with van der Waals surface area (Å²) in [5.41, 5.74) is 1.65. The van der Waals surface area contributed by atoms with Crippen molar-refractivity contribution in [3.8, 4) is 5.75 Å². The minimum Gasteiger partial charge on any atom is -0.496 e. The Morgan fingerprint density at radius 3 is 2.27 bits per heavy atom. The zero-order chi connectivity index (χ0) is 16.1. The average molecular weight is 300 g/mol. The van der Waals surface area contributed by atoms with Crippen LogP contribution in [-0.2, 0) is 12.8 Å². The zero-order valence-corrected chi connectivity index (χ0v) is 12.1. The fourth-order valence-electron chi connectivity index (χ4n) is 2.32. The summed E-state index contributed by atoms with van der Waals surface area (Å²) in [5, 5.41) is 18.3. The molecule has 0 aliphatic heterocycles. The molecule has 0 radical (unpaired) electrons. The first-order valence-electron chi connectivity index (χ1n) is 6.74. The molecule has 0 saturated carbocycles. The Labute approximate surface area is 127 Å². The number of benzene rings is 2. The largest absolute Gasteiger partial charge is 0.496 e. The van der Waals surface area contributed by atoms with Crippen LogP contribution in [0, 0.1) is 0 Å². The maximum Gasteiger partial charge on any atom is 0.335 e. The summed E-state index contributed by atoms with van der Waals surface area (Å²) in [6, 6.07) is 11.5. The van der Waals surface area contributed by atoms with Crippen LogP contribution in [0.25, 0.3) is 0 Å². The Balaban J connectivity index is 2.29. The molecule has 2 N–H and O–H groups in total. The van der Waals surface area contributed by atoms with Gasteiger partial charge in [0.2, 0.25) is 0 Å². The number of carbonyl (C=O) groups is 2. The summed E-state index contributed by atoms with van der Waals surface area (Å²) in [4.78, 5) is 22.3. The molecule has 0 amide bonds. The number of rotatable bonds is 6. The van der Waals surface area contributed by atoms with Gasteiger partial charge in [-0.1, -0.05) is 18.2 Å². The van der Waals surface area contributed by atoms with Crippen LogP contribution in [0.1, 0.15) is 31.8 Å². The number of carboxylic acids is 2. The molecular formula is C17H16O5. The quantitative estimate of drug-likeness (QED) is 0.857. The second-order valence-electron chi connectivity index (χ2n) is 4.79. The van der Waals surface area contributed by atoms with Crippen LogP contribution in [0.3, 0.4) is 0 Å². The Morgan fingerprint density at radius 2 is 1.64 bits per heavy atom. The summed E-state index contributed by atoms with van der Waals surface area (Å²) < 4.78 is 5.26. The van der Waals surface area contributed by atoms with Gasteiger partial charge in [0, 0.05) is 0 Å². The molecule has 5 nitrogen and oxygen atoms in total. The predicted octanol–water partition coefficient (Wildman–Crippen LogP) is 2.88. The van der Waals surface area contributed by atoms with Crippen LogP contribution in [0.2, 0.25) is 0 Å². The monoisotopic (exact) mass is 300 g/mol. The van der Waals surface area contributed by atoms with Gasteiger partial charge in [0.25, 0.3) is 0 Å². The number of aryl methyl sites for hydroxylation is 2. The lowest BCUT2D eigenvalue weighted by atomic mass is 9.97. The standard InChI is InChI=1S/C17H16O5/c1-22-15-5-3-2-4-11(15)6-7-12-10-13(16(18)19)8-9-14(12)17(20)21/h2-5,8-10H,6-7H2,1H3,(H,18,19)(H,20,21). The van der Waals surface area contributed by atoms with E-state index in [4.69, 9.17) is 9.84 Å². The van der Waals surface area contributed by atoms with Crippen molar-refractivity contribution in [2.75, 3.05) is 7.11 Å². The fourth-order valence-corrected chi connectivity index (χ4v) is 2.32. The predicted molar refractivity (Wildman–Crippen MR) is 80.8 cm³/mol. The van der Waals surface area contributed by atoms with Gasteiger partial charge in [-0.15, -0.1) is 0 Å². The minimum absolute atomic E-state index is 0.0834. The summed E-state index contributed by atoms with van der Waals surface area (Å²) in [7, 11) is 1.58. The van der Waals surface area contributed by atoms with E-state index in [1.54, 1.807) is 7.11 Å². The number of hydrogen-bond acceptors (Lipinski definition) is 3. The van der Waals surface area contributed by atoms with Crippen molar-refractivity contribution in [1.29, 1.82) is 0 Å². The van der Waals surface area contributed by atoms with E-state index in [2.05, 4.69) is 0 Å². The highest BCUT2D eigenvalue weighted by atomic mass is 16.5. The Hall–Kier alpha value is -2.82. The van der Waals surface area contributed by atoms with E-state index in [0.29, 0.717) is 18.4 Å². The molecule has 5 heteroatoms. The normalized spacial score (nSPS) is 10.2. The number of aromatic carboxylic acids is 2. The first kappa shape index (κ1) is 15.6. The third-order valence-electron chi connectivity index (χ3n) is 3.44. The van der Waals surface area contributed by atoms with E-state index in [1.807, 2.05) is 24.3 Å². The van der Waals surface area contributed by atoms with Gasteiger partial charge < -0.3 is 14.9 Å². The zero-order valence-electron chi connectivity index (χ0n) is 12.1. The Morgan fingerprint density at radius 1 is 0.955 bits per heavy atom. The number of para-hydroxylation sites is 1. The van der Waals surface area contributed by atoms with Gasteiger partial charge in [0.1, 0.15) is 5.75 Å². The summed E-state index contributed by atoms with van der Waals surface area (Å²) in [6.07, 6.45) is 0.983. The maximum absolute atomic E-state index is 11.3. The van der Waals surface area contributed by atoms with Gasteiger partial charge in [-0.2, -0.15) is 0 Å². The van der Waals surface area contributed by atoms with E-state index >= 15 is 0 Å². The van der Waals surface area contributed by atoms with E-state index < -0.39 is 11.9 Å². The average Bonchev–Trinajstić information content (AvgIpc) is 2.52. The lowest BCUT2D eigenvalue weighted by Crippen LogP contribution is -2.07. The molecule has 0 saturated heterocycles. The van der Waals surface area contributed by atoms with E-state index in [-0.39, 0.29) is 11.1 Å². The second-order valence-corrected chi connectivity index (χ2v) is 4.79. The van der Waals surface area contributed by atoms with Crippen LogP contribution < -0.4 is 4.74 Å². The minimum atomic E-state index is -1.07. The third-order valence-corrected chi connectivity index (χ3v) is 3.44. The molecular weight excluding hydrogens is 284 g/mol. The maximum atomic E-state index is 11.3. The van der Waals surface area contributed by atoms with Gasteiger partial charge in [-0.25, -0.2) is 9.59 Å². The summed E-state index contributed by atoms with van der Waals surface area (Å²) >= 11 is 0. The van der Waals surface area contributed by atoms with Crippen molar-refractivity contribution in [2.45, 2.75) is 12.8 Å². The molecule has 0 heterocycles. The molecule has 0 aromatic heterocycles. The van der Waals surface area contributed by atoms with Crippen LogP contribution in [-0.4, -0.2) is 29.3 Å². The highest BCUT2D eigenvalue weighted by Crippen LogP contribution is 2.21. The molecule has 22 heavy (non-hydrogen) atoms. The third kappa shape index (κ3) is 3.44. The molecule has 2 rings (SSSR count). The molecule has 0 aliphatic rings. The Bertz CT molecular complexity index is 706. The highest BCUT2D eigenvalue weighted by molar-refractivity contribution is 5.93. The van der Waals surface area contributed by atoms with Gasteiger partial charge in [0.15, 0.2) is 0 Å². The highest BCUT2D eigenvalue weighted by Gasteiger charge is 2.14. The number of carboxylic acid groups (broad SMARTS) is 2. The van der Waals surface area contributed by atoms with Gasteiger partial charge >= 0.3 is 11.9 Å². The van der Waals surface area contributed by atoms with E-state index in [0.717, 1.165) is 11.3 Å². The van der Waals surface area contributed by atoms with Crippen molar-refractivity contribution in [2.24, 2.45) is 0 Å². The first-order chi connectivity index (χ1) is 10.5. The summed E-state index contributed by atoms with van der Waals surface area (Å²) in [6.45, 7) is 0. The van der Waals surface area contributed by atoms with Crippen molar-refractivity contribution in [1.82, 2.24) is 0 Å². The lowest BCUT2D eigenvalue weighted by Gasteiger charge is -2.10. The second kappa shape index (κ2) is 6.76. The number of hydrogen-bond donors (Lipinski definition) is 2. The molecule has 0 atom stereocenters.